The Morgan fingerprint density at radius 3 is 2.43 bits per heavy atom. The quantitative estimate of drug-likeness (QED) is 0.747. The minimum Gasteiger partial charge on any atom is -0.491 e. The summed E-state index contributed by atoms with van der Waals surface area (Å²) in [6, 6.07) is 17.0. The van der Waals surface area contributed by atoms with Gasteiger partial charge in [0.05, 0.1) is 6.10 Å². The highest BCUT2D eigenvalue weighted by Crippen LogP contribution is 2.24. The van der Waals surface area contributed by atoms with Gasteiger partial charge < -0.3 is 10.1 Å². The lowest BCUT2D eigenvalue weighted by atomic mass is 10.0. The van der Waals surface area contributed by atoms with Crippen LogP contribution in [0.5, 0.6) is 5.75 Å². The van der Waals surface area contributed by atoms with Crippen LogP contribution in [0.25, 0.3) is 11.1 Å². The van der Waals surface area contributed by atoms with E-state index in [1.165, 1.54) is 23.1 Å². The van der Waals surface area contributed by atoms with E-state index in [2.05, 4.69) is 48.6 Å². The van der Waals surface area contributed by atoms with E-state index in [1.54, 1.807) is 0 Å². The Hall–Kier alpha value is -1.80. The second-order valence-corrected chi connectivity index (χ2v) is 5.57. The standard InChI is InChI=1S/C19H25NO/c1-4-12-20-14-16-8-10-17(11-9-16)18-6-5-7-19(13-18)21-15(2)3/h5-11,13,15,20H,4,12,14H2,1-3H3. The van der Waals surface area contributed by atoms with E-state index in [0.29, 0.717) is 0 Å². The van der Waals surface area contributed by atoms with Gasteiger partial charge >= 0.3 is 0 Å². The van der Waals surface area contributed by atoms with Crippen LogP contribution in [0.2, 0.25) is 0 Å². The average Bonchev–Trinajstić information content (AvgIpc) is 2.48. The molecule has 0 fully saturated rings. The van der Waals surface area contributed by atoms with Gasteiger partial charge in [-0.2, -0.15) is 0 Å². The van der Waals surface area contributed by atoms with Gasteiger partial charge in [0.25, 0.3) is 0 Å². The predicted octanol–water partition coefficient (Wildman–Crippen LogP) is 4.64. The van der Waals surface area contributed by atoms with Crippen LogP contribution in [0.3, 0.4) is 0 Å². The third kappa shape index (κ3) is 4.91. The molecule has 1 N–H and O–H groups in total. The summed E-state index contributed by atoms with van der Waals surface area (Å²) in [6.45, 7) is 8.28. The maximum absolute atomic E-state index is 5.76. The molecule has 0 aliphatic heterocycles. The average molecular weight is 283 g/mol. The first kappa shape index (κ1) is 15.6. The van der Waals surface area contributed by atoms with Crippen molar-refractivity contribution in [3.63, 3.8) is 0 Å². The highest BCUT2D eigenvalue weighted by molar-refractivity contribution is 5.65. The lowest BCUT2D eigenvalue weighted by Crippen LogP contribution is -2.13. The molecule has 0 bridgehead atoms. The molecule has 0 saturated carbocycles. The Bertz CT molecular complexity index is 546. The summed E-state index contributed by atoms with van der Waals surface area (Å²) in [5, 5.41) is 3.42. The number of rotatable bonds is 7. The molecule has 2 nitrogen and oxygen atoms in total. The molecule has 112 valence electrons. The molecule has 0 aromatic heterocycles. The van der Waals surface area contributed by atoms with Crippen LogP contribution in [0.1, 0.15) is 32.8 Å². The topological polar surface area (TPSA) is 21.3 Å². The molecule has 2 heteroatoms. The highest BCUT2D eigenvalue weighted by atomic mass is 16.5. The van der Waals surface area contributed by atoms with Gasteiger partial charge in [-0.05, 0) is 55.6 Å². The fourth-order valence-corrected chi connectivity index (χ4v) is 2.25. The molecule has 0 amide bonds. The van der Waals surface area contributed by atoms with E-state index < -0.39 is 0 Å². The Balaban J connectivity index is 2.07. The van der Waals surface area contributed by atoms with E-state index in [0.717, 1.165) is 18.8 Å². The van der Waals surface area contributed by atoms with Gasteiger partial charge in [0.1, 0.15) is 5.75 Å². The van der Waals surface area contributed by atoms with Gasteiger partial charge in [-0.25, -0.2) is 0 Å². The van der Waals surface area contributed by atoms with Crippen molar-refractivity contribution >= 4 is 0 Å². The molecule has 2 aromatic rings. The normalized spacial score (nSPS) is 10.9. The monoisotopic (exact) mass is 283 g/mol. The first-order valence-electron chi connectivity index (χ1n) is 7.76. The molecule has 0 aliphatic rings. The van der Waals surface area contributed by atoms with Crippen LogP contribution < -0.4 is 10.1 Å². The Labute approximate surface area is 128 Å². The zero-order valence-electron chi connectivity index (χ0n) is 13.2. The van der Waals surface area contributed by atoms with Crippen molar-refractivity contribution in [3.05, 3.63) is 54.1 Å². The summed E-state index contributed by atoms with van der Waals surface area (Å²) in [7, 11) is 0. The molecule has 0 unspecified atom stereocenters. The largest absolute Gasteiger partial charge is 0.491 e. The fourth-order valence-electron chi connectivity index (χ4n) is 2.25. The summed E-state index contributed by atoms with van der Waals surface area (Å²) in [5.41, 5.74) is 3.74. The van der Waals surface area contributed by atoms with Crippen LogP contribution in [0, 0.1) is 0 Å². The number of ether oxygens (including phenoxy) is 1. The molecule has 21 heavy (non-hydrogen) atoms. The van der Waals surface area contributed by atoms with Crippen molar-refractivity contribution in [2.75, 3.05) is 6.54 Å². The third-order valence-corrected chi connectivity index (χ3v) is 3.25. The number of hydrogen-bond donors (Lipinski definition) is 1. The van der Waals surface area contributed by atoms with Crippen molar-refractivity contribution in [2.45, 2.75) is 39.8 Å². The van der Waals surface area contributed by atoms with E-state index >= 15 is 0 Å². The third-order valence-electron chi connectivity index (χ3n) is 3.25. The summed E-state index contributed by atoms with van der Waals surface area (Å²) >= 11 is 0. The Morgan fingerprint density at radius 1 is 1.00 bits per heavy atom. The van der Waals surface area contributed by atoms with Crippen LogP contribution in [-0.4, -0.2) is 12.6 Å². The van der Waals surface area contributed by atoms with Gasteiger partial charge in [0, 0.05) is 6.54 Å². The maximum Gasteiger partial charge on any atom is 0.120 e. The zero-order valence-corrected chi connectivity index (χ0v) is 13.2. The van der Waals surface area contributed by atoms with E-state index in [1.807, 2.05) is 26.0 Å². The first-order chi connectivity index (χ1) is 10.2. The SMILES string of the molecule is CCCNCc1ccc(-c2cccc(OC(C)C)c2)cc1. The molecule has 0 atom stereocenters. The highest BCUT2D eigenvalue weighted by Gasteiger charge is 2.02. The summed E-state index contributed by atoms with van der Waals surface area (Å²) in [5.74, 6) is 0.927. The van der Waals surface area contributed by atoms with Crippen LogP contribution in [0.15, 0.2) is 48.5 Å². The van der Waals surface area contributed by atoms with Crippen LogP contribution in [0.4, 0.5) is 0 Å². The van der Waals surface area contributed by atoms with Gasteiger partial charge in [0.15, 0.2) is 0 Å². The van der Waals surface area contributed by atoms with Crippen LogP contribution >= 0.6 is 0 Å². The number of benzene rings is 2. The Kier molecular flexibility index (Phi) is 5.82. The molecular formula is C19H25NO. The molecule has 0 radical (unpaired) electrons. The summed E-state index contributed by atoms with van der Waals surface area (Å²) in [4.78, 5) is 0. The molecule has 0 heterocycles. The van der Waals surface area contributed by atoms with Crippen molar-refractivity contribution in [2.24, 2.45) is 0 Å². The number of nitrogens with one attached hydrogen (secondary N) is 1. The van der Waals surface area contributed by atoms with Gasteiger partial charge in [-0.3, -0.25) is 0 Å². The Morgan fingerprint density at radius 2 is 1.76 bits per heavy atom. The summed E-state index contributed by atoms with van der Waals surface area (Å²) in [6.07, 6.45) is 1.37. The summed E-state index contributed by atoms with van der Waals surface area (Å²) < 4.78 is 5.76. The minimum absolute atomic E-state index is 0.201. The maximum atomic E-state index is 5.76. The van der Waals surface area contributed by atoms with Crippen molar-refractivity contribution in [3.8, 4) is 16.9 Å². The van der Waals surface area contributed by atoms with E-state index in [9.17, 15) is 0 Å². The number of hydrogen-bond acceptors (Lipinski definition) is 2. The first-order valence-corrected chi connectivity index (χ1v) is 7.76. The molecule has 2 rings (SSSR count). The molecule has 0 spiro atoms. The van der Waals surface area contributed by atoms with Gasteiger partial charge in [0.2, 0.25) is 0 Å². The second kappa shape index (κ2) is 7.84. The molecular weight excluding hydrogens is 258 g/mol. The smallest absolute Gasteiger partial charge is 0.120 e. The molecule has 0 saturated heterocycles. The van der Waals surface area contributed by atoms with Gasteiger partial charge in [-0.15, -0.1) is 0 Å². The minimum atomic E-state index is 0.201. The lowest BCUT2D eigenvalue weighted by Gasteiger charge is -2.11. The predicted molar refractivity (Wildman–Crippen MR) is 89.6 cm³/mol. The van der Waals surface area contributed by atoms with Crippen LogP contribution in [-0.2, 0) is 6.54 Å². The van der Waals surface area contributed by atoms with Gasteiger partial charge in [-0.1, -0.05) is 43.3 Å². The van der Waals surface area contributed by atoms with E-state index in [-0.39, 0.29) is 6.10 Å². The van der Waals surface area contributed by atoms with Crippen molar-refractivity contribution in [1.82, 2.24) is 5.32 Å². The second-order valence-electron chi connectivity index (χ2n) is 5.57. The molecule has 0 aliphatic carbocycles. The lowest BCUT2D eigenvalue weighted by molar-refractivity contribution is 0.242. The fraction of sp³-hybridized carbons (Fsp3) is 0.368. The zero-order chi connectivity index (χ0) is 15.1. The van der Waals surface area contributed by atoms with Crippen molar-refractivity contribution in [1.29, 1.82) is 0 Å². The van der Waals surface area contributed by atoms with E-state index in [4.69, 9.17) is 4.74 Å². The van der Waals surface area contributed by atoms with Crippen molar-refractivity contribution < 1.29 is 4.74 Å². The molecule has 2 aromatic carbocycles.